The second-order valence-electron chi connectivity index (χ2n) is 11.3. The summed E-state index contributed by atoms with van der Waals surface area (Å²) in [4.78, 5) is 76.0. The first-order valence-corrected chi connectivity index (χ1v) is 26.0. The number of carboxylic acid groups (broad SMARTS) is 1. The molecule has 21 nitrogen and oxygen atoms in total. The van der Waals surface area contributed by atoms with Gasteiger partial charge in [0, 0.05) is 28.8 Å². The number of likely N-dealkylation sites (N-methyl/N-ethyl adjacent to an activating group) is 4. The number of carboxylic acids is 1. The molecule has 0 heterocycles. The van der Waals surface area contributed by atoms with Gasteiger partial charge < -0.3 is 59.3 Å². The fourth-order valence-corrected chi connectivity index (χ4v) is 9.73. The molecule has 6 unspecified atom stereocenters. The van der Waals surface area contributed by atoms with E-state index in [0.29, 0.717) is 28.8 Å². The molecule has 0 aromatic rings. The zero-order valence-corrected chi connectivity index (χ0v) is 43.1. The van der Waals surface area contributed by atoms with Crippen LogP contribution in [0.4, 0.5) is 0 Å². The Balaban J connectivity index is -0.000000133. The van der Waals surface area contributed by atoms with Crippen LogP contribution in [0, 0.1) is 11.8 Å². The minimum atomic E-state index is -4.40. The van der Waals surface area contributed by atoms with Crippen LogP contribution in [0.3, 0.4) is 0 Å². The Morgan fingerprint density at radius 1 is 0.556 bits per heavy atom. The molecule has 0 radical (unpaired) electrons. The van der Waals surface area contributed by atoms with E-state index in [1.165, 1.54) is 42.6 Å². The van der Waals surface area contributed by atoms with Gasteiger partial charge in [0.2, 0.25) is 0 Å². The van der Waals surface area contributed by atoms with E-state index in [9.17, 15) is 46.5 Å². The standard InChI is InChI=1S/2C11H21NO4S2.C5H11NO5S.C5H11NO2S.C2H4O2S.CH4/c2*1-5-8(10(13)15-3)6-17-18-7-9(12-2)11(14)16-4;1-6-4(5(7)11-2)3-12(8,9)10;1-6-4(3-9)5(7)8-2;3-2(4)1-5;/h2*8-9,12H,5-7H2,1-4H3;4,6H,3H2,1-2H3,(H,8,9,10);4,6,9H,3H2,1-2H3;5H,1H2,(H,3,4);1H4. The van der Waals surface area contributed by atoms with Gasteiger partial charge in [0.1, 0.15) is 24.2 Å². The first-order valence-electron chi connectivity index (χ1n) is 18.2. The molecule has 63 heavy (non-hydrogen) atoms. The predicted molar refractivity (Wildman–Crippen MR) is 259 cm³/mol. The molecule has 0 fully saturated rings. The van der Waals surface area contributed by atoms with E-state index >= 15 is 0 Å². The Morgan fingerprint density at radius 3 is 1.00 bits per heavy atom. The maximum absolute atomic E-state index is 11.4. The molecule has 0 rings (SSSR count). The highest BCUT2D eigenvalue weighted by atomic mass is 33.1. The Kier molecular flexibility index (Phi) is 55.5. The molecule has 0 aromatic carbocycles. The van der Waals surface area contributed by atoms with Crippen molar-refractivity contribution in [2.24, 2.45) is 11.8 Å². The van der Waals surface area contributed by atoms with Crippen LogP contribution in [0.25, 0.3) is 0 Å². The molecule has 0 saturated carbocycles. The first kappa shape index (κ1) is 72.7. The van der Waals surface area contributed by atoms with Gasteiger partial charge in [-0.1, -0.05) is 64.4 Å². The third-order valence-electron chi connectivity index (χ3n) is 7.25. The highest BCUT2D eigenvalue weighted by molar-refractivity contribution is 8.77. The van der Waals surface area contributed by atoms with Crippen LogP contribution in [-0.4, -0.2) is 195 Å². The average Bonchev–Trinajstić information content (AvgIpc) is 3.27. The molecular weight excluding hydrogens is 973 g/mol. The van der Waals surface area contributed by atoms with Crippen molar-refractivity contribution < 1.29 is 81.5 Å². The number of carbonyl (C=O) groups is 7. The van der Waals surface area contributed by atoms with Crippen molar-refractivity contribution in [3.05, 3.63) is 0 Å². The number of aliphatic carboxylic acids is 1. The van der Waals surface area contributed by atoms with Gasteiger partial charge in [-0.15, -0.1) is 0 Å². The number of hydrogen-bond donors (Lipinski definition) is 7. The lowest BCUT2D eigenvalue weighted by Crippen LogP contribution is -2.40. The van der Waals surface area contributed by atoms with E-state index in [0.717, 1.165) is 20.0 Å². The van der Waals surface area contributed by atoms with Crippen molar-refractivity contribution in [3.8, 4) is 0 Å². The van der Waals surface area contributed by atoms with Crippen molar-refractivity contribution in [1.29, 1.82) is 0 Å². The number of nitrogens with one attached hydrogen (secondary N) is 4. The molecule has 0 saturated heterocycles. The smallest absolute Gasteiger partial charge is 0.748 e. The molecule has 0 aliphatic rings. The monoisotopic (exact) mass is 1040 g/mol. The number of methoxy groups -OCH3 is 6. The van der Waals surface area contributed by atoms with Gasteiger partial charge in [-0.3, -0.25) is 33.6 Å². The van der Waals surface area contributed by atoms with Gasteiger partial charge >= 0.3 is 43.2 Å². The van der Waals surface area contributed by atoms with Crippen molar-refractivity contribution in [3.63, 3.8) is 0 Å². The summed E-state index contributed by atoms with van der Waals surface area (Å²) in [6, 6.07) is -1.99. The lowest BCUT2D eigenvalue weighted by molar-refractivity contribution is -0.145. The van der Waals surface area contributed by atoms with Crippen LogP contribution in [-0.2, 0) is 72.1 Å². The molecule has 0 aliphatic carbocycles. The second-order valence-corrected chi connectivity index (χ2v) is 18.5. The first-order chi connectivity index (χ1) is 29.1. The molecule has 0 aromatic heterocycles. The molecule has 5 N–H and O–H groups in total. The van der Waals surface area contributed by atoms with E-state index in [2.05, 4.69) is 65.5 Å². The highest BCUT2D eigenvalue weighted by Crippen LogP contribution is 2.27. The largest absolute Gasteiger partial charge is 1.00 e. The van der Waals surface area contributed by atoms with Crippen LogP contribution in [0.2, 0.25) is 0 Å². The van der Waals surface area contributed by atoms with Crippen molar-refractivity contribution in [1.82, 2.24) is 21.3 Å². The molecule has 0 amide bonds. The van der Waals surface area contributed by atoms with E-state index < -0.39 is 33.9 Å². The summed E-state index contributed by atoms with van der Waals surface area (Å²) < 4.78 is 58.1. The number of rotatable bonds is 26. The summed E-state index contributed by atoms with van der Waals surface area (Å²) in [7, 11) is 16.3. The van der Waals surface area contributed by atoms with Gasteiger partial charge in [0.15, 0.2) is 0 Å². The SMILES string of the molecule is C.CCC(CSSCC(NC)C(=O)OC)C(=O)OC.CCC(CSSCC(NC)C(=O)OC)C(=O)OC.CNC(CS(=O)(=O)[O-])C(=O)OC.CNC(CS)C(=O)OC.O=C(O)CS.[H+]. The number of ether oxygens (including phenoxy) is 6. The van der Waals surface area contributed by atoms with Gasteiger partial charge in [-0.2, -0.15) is 25.3 Å². The topological polar surface area (TPSA) is 300 Å². The summed E-state index contributed by atoms with van der Waals surface area (Å²) in [5, 5.41) is 18.5. The fraction of sp³-hybridized carbons (Fsp3) is 0.800. The molecular formula is C35H72N4O17S7. The summed E-state index contributed by atoms with van der Waals surface area (Å²) in [6.07, 6.45) is 1.51. The van der Waals surface area contributed by atoms with Gasteiger partial charge in [-0.05, 0) is 41.0 Å². The molecule has 0 spiro atoms. The third kappa shape index (κ3) is 42.5. The Bertz CT molecular complexity index is 1240. The van der Waals surface area contributed by atoms with Gasteiger partial charge in [0.25, 0.3) is 0 Å². The van der Waals surface area contributed by atoms with Crippen LogP contribution in [0.5, 0.6) is 0 Å². The maximum Gasteiger partial charge on any atom is 1.00 e. The molecule has 376 valence electrons. The van der Waals surface area contributed by atoms with Crippen molar-refractivity contribution in [2.75, 3.05) is 111 Å². The van der Waals surface area contributed by atoms with Gasteiger partial charge in [-0.25, -0.2) is 8.42 Å². The summed E-state index contributed by atoms with van der Waals surface area (Å²) >= 11 is 7.34. The minimum absolute atomic E-state index is 0. The summed E-state index contributed by atoms with van der Waals surface area (Å²) in [6.45, 7) is 3.91. The number of thiol groups is 2. The lowest BCUT2D eigenvalue weighted by Gasteiger charge is -2.15. The van der Waals surface area contributed by atoms with E-state index in [-0.39, 0.29) is 74.4 Å². The summed E-state index contributed by atoms with van der Waals surface area (Å²) in [5.41, 5.74) is 0. The second kappa shape index (κ2) is 48.1. The van der Waals surface area contributed by atoms with Crippen LogP contribution in [0.1, 0.15) is 35.5 Å². The predicted octanol–water partition coefficient (Wildman–Crippen LogP) is 1.38. The maximum atomic E-state index is 11.4. The molecule has 6 atom stereocenters. The molecule has 0 aliphatic heterocycles. The van der Waals surface area contributed by atoms with Crippen LogP contribution in [0.15, 0.2) is 0 Å². The number of esters is 6. The fourth-order valence-electron chi connectivity index (χ4n) is 3.40. The zero-order chi connectivity index (χ0) is 49.3. The van der Waals surface area contributed by atoms with Gasteiger partial charge in [0.05, 0.1) is 76.1 Å². The Hall–Kier alpha value is -1.86. The van der Waals surface area contributed by atoms with Crippen molar-refractivity contribution >= 4 is 120 Å². The normalized spacial score (nSPS) is 12.9. The van der Waals surface area contributed by atoms with E-state index in [1.807, 2.05) is 13.8 Å². The third-order valence-corrected chi connectivity index (χ3v) is 13.6. The Labute approximate surface area is 402 Å². The quantitative estimate of drug-likeness (QED) is 0.0161. The summed E-state index contributed by atoms with van der Waals surface area (Å²) in [5.74, 6) is -0.827. The Morgan fingerprint density at radius 2 is 0.810 bits per heavy atom. The van der Waals surface area contributed by atoms with E-state index in [1.54, 1.807) is 64.3 Å². The molecule has 0 bridgehead atoms. The number of carbonyl (C=O) groups excluding carboxylic acids is 6. The lowest BCUT2D eigenvalue weighted by atomic mass is 10.1. The zero-order valence-electron chi connectivity index (χ0n) is 38.2. The minimum Gasteiger partial charge on any atom is -0.748 e. The van der Waals surface area contributed by atoms with E-state index in [4.69, 9.17) is 14.6 Å². The van der Waals surface area contributed by atoms with Crippen LogP contribution < -0.4 is 21.3 Å². The number of hydrogen-bond acceptors (Lipinski definition) is 26. The molecule has 28 heteroatoms. The average molecular weight is 1050 g/mol. The highest BCUT2D eigenvalue weighted by Gasteiger charge is 2.22. The van der Waals surface area contributed by atoms with Crippen LogP contribution >= 0.6 is 68.4 Å². The van der Waals surface area contributed by atoms with Crippen molar-refractivity contribution in [2.45, 2.75) is 58.3 Å².